The van der Waals surface area contributed by atoms with Crippen LogP contribution in [-0.2, 0) is 0 Å². The van der Waals surface area contributed by atoms with Crippen LogP contribution >= 0.6 is 0 Å². The first-order valence-corrected chi connectivity index (χ1v) is 7.06. The Morgan fingerprint density at radius 2 is 1.86 bits per heavy atom. The second-order valence-corrected chi connectivity index (χ2v) is 5.09. The van der Waals surface area contributed by atoms with Gasteiger partial charge >= 0.3 is 0 Å². The maximum absolute atomic E-state index is 5.75. The summed E-state index contributed by atoms with van der Waals surface area (Å²) in [4.78, 5) is 4.22. The van der Waals surface area contributed by atoms with Gasteiger partial charge in [-0.1, -0.05) is 6.07 Å². The summed E-state index contributed by atoms with van der Waals surface area (Å²) in [6.07, 6.45) is 2.68. The summed E-state index contributed by atoms with van der Waals surface area (Å²) >= 11 is 0. The quantitative estimate of drug-likeness (QED) is 0.667. The lowest BCUT2D eigenvalue weighted by molar-refractivity contribution is 0.297. The van der Waals surface area contributed by atoms with Crippen LogP contribution in [0.15, 0.2) is 36.5 Å². The molecule has 2 aromatic rings. The van der Waals surface area contributed by atoms with Gasteiger partial charge in [0.2, 0.25) is 0 Å². The van der Waals surface area contributed by atoms with Crippen molar-refractivity contribution in [3.63, 3.8) is 0 Å². The summed E-state index contributed by atoms with van der Waals surface area (Å²) in [6.45, 7) is 3.32. The molecule has 1 atom stereocenters. The molecule has 0 saturated carbocycles. The number of hydrazine groups is 1. The first-order valence-electron chi connectivity index (χ1n) is 7.06. The third-order valence-corrected chi connectivity index (χ3v) is 3.53. The van der Waals surface area contributed by atoms with Gasteiger partial charge in [0.1, 0.15) is 0 Å². The highest BCUT2D eigenvalue weighted by atomic mass is 16.5. The van der Waals surface area contributed by atoms with Gasteiger partial charge in [0.15, 0.2) is 11.5 Å². The second-order valence-electron chi connectivity index (χ2n) is 5.09. The van der Waals surface area contributed by atoms with E-state index in [1.807, 2.05) is 37.3 Å². The van der Waals surface area contributed by atoms with E-state index >= 15 is 0 Å². The zero-order valence-electron chi connectivity index (χ0n) is 12.0. The van der Waals surface area contributed by atoms with Gasteiger partial charge in [0.05, 0.1) is 19.3 Å². The molecule has 0 bridgehead atoms. The number of aromatic nitrogens is 1. The van der Waals surface area contributed by atoms with Crippen molar-refractivity contribution in [1.82, 2.24) is 10.4 Å². The van der Waals surface area contributed by atoms with E-state index in [0.717, 1.165) is 34.7 Å². The minimum absolute atomic E-state index is 0.108. The largest absolute Gasteiger partial charge is 0.490 e. The molecule has 0 amide bonds. The standard InChI is InChI=1S/C16H19N3O2/c1-11-9-13(5-6-18-11)16(19-17)12-3-4-14-15(10-12)21-8-2-7-20-14/h3-6,9-10,16,19H,2,7-8,17H2,1H3. The number of ether oxygens (including phenoxy) is 2. The van der Waals surface area contributed by atoms with Crippen LogP contribution in [0.4, 0.5) is 0 Å². The summed E-state index contributed by atoms with van der Waals surface area (Å²) in [5.74, 6) is 7.32. The van der Waals surface area contributed by atoms with E-state index in [4.69, 9.17) is 15.3 Å². The summed E-state index contributed by atoms with van der Waals surface area (Å²) in [6, 6.07) is 9.81. The number of hydrogen-bond donors (Lipinski definition) is 2. The SMILES string of the molecule is Cc1cc(C(NN)c2ccc3c(c2)OCCCO3)ccn1. The van der Waals surface area contributed by atoms with Crippen LogP contribution in [0, 0.1) is 6.92 Å². The van der Waals surface area contributed by atoms with Gasteiger partial charge in [-0.05, 0) is 42.3 Å². The molecule has 0 radical (unpaired) electrons. The van der Waals surface area contributed by atoms with Gasteiger partial charge in [-0.15, -0.1) is 0 Å². The minimum atomic E-state index is -0.108. The van der Waals surface area contributed by atoms with Crippen LogP contribution < -0.4 is 20.7 Å². The first kappa shape index (κ1) is 13.9. The molecule has 21 heavy (non-hydrogen) atoms. The van der Waals surface area contributed by atoms with Crippen molar-refractivity contribution in [3.05, 3.63) is 53.3 Å². The van der Waals surface area contributed by atoms with Crippen molar-refractivity contribution >= 4 is 0 Å². The lowest BCUT2D eigenvalue weighted by Crippen LogP contribution is -2.29. The summed E-state index contributed by atoms with van der Waals surface area (Å²) in [5, 5.41) is 0. The van der Waals surface area contributed by atoms with E-state index in [9.17, 15) is 0 Å². The first-order chi connectivity index (χ1) is 10.3. The van der Waals surface area contributed by atoms with Gasteiger partial charge in [0, 0.05) is 18.3 Å². The Balaban J connectivity index is 1.96. The van der Waals surface area contributed by atoms with Gasteiger partial charge in [-0.2, -0.15) is 0 Å². The van der Waals surface area contributed by atoms with Crippen molar-refractivity contribution in [2.75, 3.05) is 13.2 Å². The number of hydrogen-bond acceptors (Lipinski definition) is 5. The molecule has 3 rings (SSSR count). The fourth-order valence-corrected chi connectivity index (χ4v) is 2.49. The maximum atomic E-state index is 5.75. The minimum Gasteiger partial charge on any atom is -0.490 e. The Morgan fingerprint density at radius 1 is 1.10 bits per heavy atom. The molecule has 0 fully saturated rings. The van der Waals surface area contributed by atoms with Crippen molar-refractivity contribution in [2.24, 2.45) is 5.84 Å². The molecule has 1 aromatic heterocycles. The summed E-state index contributed by atoms with van der Waals surface area (Å²) < 4.78 is 11.4. The van der Waals surface area contributed by atoms with Crippen LogP contribution in [-0.4, -0.2) is 18.2 Å². The van der Waals surface area contributed by atoms with E-state index < -0.39 is 0 Å². The number of fused-ring (bicyclic) bond motifs is 1. The Labute approximate surface area is 124 Å². The monoisotopic (exact) mass is 285 g/mol. The average Bonchev–Trinajstić information content (AvgIpc) is 2.73. The Kier molecular flexibility index (Phi) is 4.03. The van der Waals surface area contributed by atoms with E-state index in [1.54, 1.807) is 6.20 Å². The Hall–Kier alpha value is -2.11. The topological polar surface area (TPSA) is 69.4 Å². The third-order valence-electron chi connectivity index (χ3n) is 3.53. The van der Waals surface area contributed by atoms with Crippen LogP contribution in [0.5, 0.6) is 11.5 Å². The fraction of sp³-hybridized carbons (Fsp3) is 0.312. The molecule has 110 valence electrons. The molecule has 5 heteroatoms. The van der Waals surface area contributed by atoms with E-state index in [2.05, 4.69) is 10.4 Å². The highest BCUT2D eigenvalue weighted by molar-refractivity contribution is 5.46. The number of aryl methyl sites for hydroxylation is 1. The van der Waals surface area contributed by atoms with Gasteiger partial charge in [0.25, 0.3) is 0 Å². The number of nitrogens with zero attached hydrogens (tertiary/aromatic N) is 1. The molecule has 1 aliphatic heterocycles. The summed E-state index contributed by atoms with van der Waals surface area (Å²) in [7, 11) is 0. The highest BCUT2D eigenvalue weighted by Gasteiger charge is 2.17. The van der Waals surface area contributed by atoms with Crippen molar-refractivity contribution in [3.8, 4) is 11.5 Å². The molecular weight excluding hydrogens is 266 g/mol. The van der Waals surface area contributed by atoms with Gasteiger partial charge < -0.3 is 9.47 Å². The van der Waals surface area contributed by atoms with Crippen molar-refractivity contribution < 1.29 is 9.47 Å². The molecule has 5 nitrogen and oxygen atoms in total. The molecule has 3 N–H and O–H groups in total. The third kappa shape index (κ3) is 2.99. The Morgan fingerprint density at radius 3 is 2.62 bits per heavy atom. The number of rotatable bonds is 3. The van der Waals surface area contributed by atoms with Gasteiger partial charge in [-0.25, -0.2) is 5.43 Å². The lowest BCUT2D eigenvalue weighted by Gasteiger charge is -2.18. The highest BCUT2D eigenvalue weighted by Crippen LogP contribution is 2.33. The van der Waals surface area contributed by atoms with Crippen LogP contribution in [0.1, 0.15) is 29.3 Å². The summed E-state index contributed by atoms with van der Waals surface area (Å²) in [5.41, 5.74) is 5.92. The number of benzene rings is 1. The lowest BCUT2D eigenvalue weighted by atomic mass is 9.99. The zero-order valence-corrected chi connectivity index (χ0v) is 12.0. The fourth-order valence-electron chi connectivity index (χ4n) is 2.49. The van der Waals surface area contributed by atoms with E-state index in [0.29, 0.717) is 13.2 Å². The molecular formula is C16H19N3O2. The zero-order chi connectivity index (χ0) is 14.7. The molecule has 0 saturated heterocycles. The molecule has 0 aliphatic carbocycles. The molecule has 1 unspecified atom stereocenters. The van der Waals surface area contributed by atoms with Crippen LogP contribution in [0.3, 0.4) is 0 Å². The molecule has 0 spiro atoms. The predicted molar refractivity (Wildman–Crippen MR) is 80.2 cm³/mol. The normalized spacial score (nSPS) is 15.3. The molecule has 2 heterocycles. The Bertz CT molecular complexity index is 631. The van der Waals surface area contributed by atoms with E-state index in [1.165, 1.54) is 0 Å². The maximum Gasteiger partial charge on any atom is 0.161 e. The second kappa shape index (κ2) is 6.11. The average molecular weight is 285 g/mol. The molecule has 1 aliphatic rings. The van der Waals surface area contributed by atoms with Crippen LogP contribution in [0.2, 0.25) is 0 Å². The number of nitrogens with two attached hydrogens (primary N) is 1. The smallest absolute Gasteiger partial charge is 0.161 e. The van der Waals surface area contributed by atoms with Crippen molar-refractivity contribution in [1.29, 1.82) is 0 Å². The predicted octanol–water partition coefficient (Wildman–Crippen LogP) is 2.10. The van der Waals surface area contributed by atoms with E-state index in [-0.39, 0.29) is 6.04 Å². The van der Waals surface area contributed by atoms with Gasteiger partial charge in [-0.3, -0.25) is 10.8 Å². The van der Waals surface area contributed by atoms with Crippen LogP contribution in [0.25, 0.3) is 0 Å². The molecule has 1 aromatic carbocycles. The van der Waals surface area contributed by atoms with Crippen molar-refractivity contribution in [2.45, 2.75) is 19.4 Å². The number of pyridine rings is 1. The number of nitrogens with one attached hydrogen (secondary N) is 1.